The number of nitrogens with zero attached hydrogens (tertiary/aromatic N) is 2. The predicted molar refractivity (Wildman–Crippen MR) is 130 cm³/mol. The highest BCUT2D eigenvalue weighted by atomic mass is 16.5. The van der Waals surface area contributed by atoms with Crippen molar-refractivity contribution in [3.05, 3.63) is 71.0 Å². The van der Waals surface area contributed by atoms with Gasteiger partial charge in [-0.15, -0.1) is 0 Å². The maximum Gasteiger partial charge on any atom is 0.261 e. The molecule has 0 spiro atoms. The summed E-state index contributed by atoms with van der Waals surface area (Å²) in [6.45, 7) is 0.971. The molecule has 1 heterocycles. The van der Waals surface area contributed by atoms with Crippen LogP contribution in [0.5, 0.6) is 17.2 Å². The van der Waals surface area contributed by atoms with Crippen LogP contribution >= 0.6 is 0 Å². The Labute approximate surface area is 192 Å². The minimum absolute atomic E-state index is 0.107. The van der Waals surface area contributed by atoms with Crippen molar-refractivity contribution in [2.75, 3.05) is 27.9 Å². The lowest BCUT2D eigenvalue weighted by molar-refractivity contribution is 0.394. The quantitative estimate of drug-likeness (QED) is 0.439. The van der Waals surface area contributed by atoms with Gasteiger partial charge in [0.25, 0.3) is 5.56 Å². The third kappa shape index (κ3) is 4.54. The Hall–Kier alpha value is -3.84. The fourth-order valence-electron chi connectivity index (χ4n) is 3.79. The predicted octanol–water partition coefficient (Wildman–Crippen LogP) is 4.11. The molecule has 0 amide bonds. The van der Waals surface area contributed by atoms with Gasteiger partial charge in [0, 0.05) is 18.2 Å². The van der Waals surface area contributed by atoms with Crippen LogP contribution in [0.3, 0.4) is 0 Å². The SMILES string of the molecule is COc1cc(OC)cc(-c2ccc(-c3nc4ccc(OC)cc4c(=O)n3CCCN)cc2)c1. The van der Waals surface area contributed by atoms with Gasteiger partial charge in [0.05, 0.1) is 32.2 Å². The maximum absolute atomic E-state index is 13.3. The number of ether oxygens (including phenoxy) is 3. The average Bonchev–Trinajstić information content (AvgIpc) is 2.87. The molecule has 2 N–H and O–H groups in total. The van der Waals surface area contributed by atoms with Crippen molar-refractivity contribution in [3.8, 4) is 39.8 Å². The number of nitrogens with two attached hydrogens (primary N) is 1. The summed E-state index contributed by atoms with van der Waals surface area (Å²) in [5.41, 5.74) is 9.06. The Morgan fingerprint density at radius 1 is 0.788 bits per heavy atom. The summed E-state index contributed by atoms with van der Waals surface area (Å²) in [6, 6.07) is 19.0. The minimum atomic E-state index is -0.107. The molecule has 0 aliphatic carbocycles. The van der Waals surface area contributed by atoms with Crippen LogP contribution in [0.1, 0.15) is 6.42 Å². The van der Waals surface area contributed by atoms with Crippen molar-refractivity contribution in [1.29, 1.82) is 0 Å². The van der Waals surface area contributed by atoms with Gasteiger partial charge in [-0.25, -0.2) is 4.98 Å². The summed E-state index contributed by atoms with van der Waals surface area (Å²) in [7, 11) is 4.84. The summed E-state index contributed by atoms with van der Waals surface area (Å²) in [4.78, 5) is 18.1. The average molecular weight is 446 g/mol. The molecule has 0 saturated carbocycles. The first-order valence-electron chi connectivity index (χ1n) is 10.7. The van der Waals surface area contributed by atoms with Crippen LogP contribution in [0, 0.1) is 0 Å². The molecule has 3 aromatic carbocycles. The van der Waals surface area contributed by atoms with Crippen molar-refractivity contribution in [1.82, 2.24) is 9.55 Å². The lowest BCUT2D eigenvalue weighted by Crippen LogP contribution is -2.24. The van der Waals surface area contributed by atoms with Crippen LogP contribution in [0.15, 0.2) is 65.5 Å². The standard InChI is InChI=1S/C26H27N3O4/c1-31-20-9-10-24-23(16-20)26(30)29(12-4-11-27)25(28-24)18-7-5-17(6-8-18)19-13-21(32-2)15-22(14-19)33-3/h5-10,13-16H,4,11-12,27H2,1-3H3. The number of aromatic nitrogens is 2. The molecule has 4 rings (SSSR count). The number of methoxy groups -OCH3 is 3. The Balaban J connectivity index is 1.81. The van der Waals surface area contributed by atoms with Crippen LogP contribution in [0.2, 0.25) is 0 Å². The van der Waals surface area contributed by atoms with E-state index in [1.165, 1.54) is 0 Å². The van der Waals surface area contributed by atoms with E-state index >= 15 is 0 Å². The van der Waals surface area contributed by atoms with Crippen molar-refractivity contribution in [2.45, 2.75) is 13.0 Å². The highest BCUT2D eigenvalue weighted by Gasteiger charge is 2.14. The summed E-state index contributed by atoms with van der Waals surface area (Å²) < 4.78 is 17.8. The molecule has 33 heavy (non-hydrogen) atoms. The monoisotopic (exact) mass is 445 g/mol. The molecule has 0 aliphatic rings. The van der Waals surface area contributed by atoms with Crippen LogP contribution in [0.25, 0.3) is 33.4 Å². The zero-order valence-electron chi connectivity index (χ0n) is 19.0. The topological polar surface area (TPSA) is 88.6 Å². The second kappa shape index (κ2) is 9.75. The van der Waals surface area contributed by atoms with E-state index in [2.05, 4.69) is 0 Å². The van der Waals surface area contributed by atoms with Gasteiger partial charge >= 0.3 is 0 Å². The van der Waals surface area contributed by atoms with E-state index in [9.17, 15) is 4.79 Å². The largest absolute Gasteiger partial charge is 0.497 e. The first-order chi connectivity index (χ1) is 16.1. The van der Waals surface area contributed by atoms with Crippen molar-refractivity contribution in [2.24, 2.45) is 5.73 Å². The fraction of sp³-hybridized carbons (Fsp3) is 0.231. The second-order valence-electron chi connectivity index (χ2n) is 7.60. The molecule has 0 radical (unpaired) electrons. The van der Waals surface area contributed by atoms with Gasteiger partial charge in [0.15, 0.2) is 0 Å². The number of fused-ring (bicyclic) bond motifs is 1. The van der Waals surface area contributed by atoms with Gasteiger partial charge in [-0.1, -0.05) is 24.3 Å². The van der Waals surface area contributed by atoms with E-state index in [1.807, 2.05) is 54.6 Å². The third-order valence-electron chi connectivity index (χ3n) is 5.58. The molecule has 1 aromatic heterocycles. The van der Waals surface area contributed by atoms with E-state index in [1.54, 1.807) is 32.0 Å². The first kappa shape index (κ1) is 22.4. The molecular formula is C26H27N3O4. The normalized spacial score (nSPS) is 10.9. The van der Waals surface area contributed by atoms with Crippen LogP contribution < -0.4 is 25.5 Å². The molecule has 7 heteroatoms. The van der Waals surface area contributed by atoms with E-state index in [4.69, 9.17) is 24.9 Å². The Morgan fingerprint density at radius 2 is 1.42 bits per heavy atom. The lowest BCUT2D eigenvalue weighted by atomic mass is 10.0. The highest BCUT2D eigenvalue weighted by molar-refractivity contribution is 5.81. The van der Waals surface area contributed by atoms with Gasteiger partial charge in [0.1, 0.15) is 23.1 Å². The molecule has 4 aromatic rings. The molecule has 0 aliphatic heterocycles. The van der Waals surface area contributed by atoms with Gasteiger partial charge in [-0.3, -0.25) is 9.36 Å². The van der Waals surface area contributed by atoms with Gasteiger partial charge in [-0.2, -0.15) is 0 Å². The molecule has 0 bridgehead atoms. The Morgan fingerprint density at radius 3 is 2.03 bits per heavy atom. The summed E-state index contributed by atoms with van der Waals surface area (Å²) in [5.74, 6) is 2.67. The minimum Gasteiger partial charge on any atom is -0.497 e. The zero-order chi connectivity index (χ0) is 23.4. The smallest absolute Gasteiger partial charge is 0.261 e. The lowest BCUT2D eigenvalue weighted by Gasteiger charge is -2.14. The first-order valence-corrected chi connectivity index (χ1v) is 10.7. The highest BCUT2D eigenvalue weighted by Crippen LogP contribution is 2.31. The van der Waals surface area contributed by atoms with E-state index in [0.29, 0.717) is 42.0 Å². The van der Waals surface area contributed by atoms with Gasteiger partial charge in [-0.05, 0) is 54.4 Å². The zero-order valence-corrected chi connectivity index (χ0v) is 19.0. The van der Waals surface area contributed by atoms with Crippen LogP contribution in [-0.4, -0.2) is 37.4 Å². The second-order valence-corrected chi connectivity index (χ2v) is 7.60. The number of hydrogen-bond acceptors (Lipinski definition) is 6. The number of rotatable bonds is 8. The van der Waals surface area contributed by atoms with E-state index in [-0.39, 0.29) is 5.56 Å². The maximum atomic E-state index is 13.3. The van der Waals surface area contributed by atoms with Crippen molar-refractivity contribution in [3.63, 3.8) is 0 Å². The summed E-state index contributed by atoms with van der Waals surface area (Å²) in [6.07, 6.45) is 0.672. The molecule has 0 fully saturated rings. The van der Waals surface area contributed by atoms with Gasteiger partial charge in [0.2, 0.25) is 0 Å². The van der Waals surface area contributed by atoms with Crippen LogP contribution in [0.4, 0.5) is 0 Å². The molecule has 0 unspecified atom stereocenters. The van der Waals surface area contributed by atoms with E-state index < -0.39 is 0 Å². The molecule has 0 saturated heterocycles. The molecule has 170 valence electrons. The number of benzene rings is 3. The van der Waals surface area contributed by atoms with Crippen LogP contribution in [-0.2, 0) is 6.54 Å². The third-order valence-corrected chi connectivity index (χ3v) is 5.58. The Kier molecular flexibility index (Phi) is 6.60. The summed E-state index contributed by atoms with van der Waals surface area (Å²) in [5, 5.41) is 0.523. The molecule has 0 atom stereocenters. The Bertz CT molecular complexity index is 1310. The van der Waals surface area contributed by atoms with Crippen molar-refractivity contribution < 1.29 is 14.2 Å². The number of hydrogen-bond donors (Lipinski definition) is 1. The fourth-order valence-corrected chi connectivity index (χ4v) is 3.79. The van der Waals surface area contributed by atoms with Crippen molar-refractivity contribution >= 4 is 10.9 Å². The van der Waals surface area contributed by atoms with Gasteiger partial charge < -0.3 is 19.9 Å². The summed E-state index contributed by atoms with van der Waals surface area (Å²) >= 11 is 0. The molecule has 7 nitrogen and oxygen atoms in total. The molecular weight excluding hydrogens is 418 g/mol. The van der Waals surface area contributed by atoms with E-state index in [0.717, 1.165) is 28.2 Å².